The molecule has 1 aromatic heterocycles. The van der Waals surface area contributed by atoms with E-state index in [1.807, 2.05) is 38.4 Å². The third-order valence-corrected chi connectivity index (χ3v) is 5.59. The molecule has 0 radical (unpaired) electrons. The van der Waals surface area contributed by atoms with Crippen molar-refractivity contribution in [1.82, 2.24) is 15.1 Å². The Morgan fingerprint density at radius 3 is 2.25 bits per heavy atom. The summed E-state index contributed by atoms with van der Waals surface area (Å²) in [5.74, 6) is -0.429. The predicted octanol–water partition coefficient (Wildman–Crippen LogP) is 1.04. The lowest BCUT2D eigenvalue weighted by Crippen LogP contribution is -2.52. The lowest BCUT2D eigenvalue weighted by Gasteiger charge is -2.36. The highest BCUT2D eigenvalue weighted by Gasteiger charge is 2.50. The number of imide groups is 1. The number of aromatic nitrogens is 1. The Kier molecular flexibility index (Phi) is 6.16. The van der Waals surface area contributed by atoms with Crippen LogP contribution in [0.1, 0.15) is 39.5 Å². The monoisotopic (exact) mass is 388 g/mol. The van der Waals surface area contributed by atoms with Crippen molar-refractivity contribution in [1.29, 1.82) is 0 Å². The third kappa shape index (κ3) is 3.95. The highest BCUT2D eigenvalue weighted by atomic mass is 16.2. The number of hydrogen-bond donors (Lipinski definition) is 1. The Balaban J connectivity index is 1.59. The normalized spacial score (nSPS) is 19.1. The summed E-state index contributed by atoms with van der Waals surface area (Å²) in [6.07, 6.45) is 6.55. The van der Waals surface area contributed by atoms with Crippen LogP contribution in [0.3, 0.4) is 0 Å². The first-order valence-corrected chi connectivity index (χ1v) is 10.1. The van der Waals surface area contributed by atoms with Gasteiger partial charge in [-0.25, -0.2) is 9.78 Å². The number of aromatic amines is 1. The topological polar surface area (TPSA) is 87.1 Å². The van der Waals surface area contributed by atoms with Gasteiger partial charge in [-0.3, -0.25) is 14.5 Å². The van der Waals surface area contributed by atoms with Crippen LogP contribution >= 0.6 is 0 Å². The fraction of sp³-hybridized carbons (Fsp3) is 0.600. The molecule has 2 fully saturated rings. The zero-order valence-electron chi connectivity index (χ0n) is 16.7. The van der Waals surface area contributed by atoms with Crippen LogP contribution in [0.25, 0.3) is 0 Å². The van der Waals surface area contributed by atoms with Crippen molar-refractivity contribution >= 4 is 23.5 Å². The molecule has 0 spiro atoms. The summed E-state index contributed by atoms with van der Waals surface area (Å²) in [4.78, 5) is 46.2. The summed E-state index contributed by atoms with van der Waals surface area (Å²) < 4.78 is 0. The van der Waals surface area contributed by atoms with Gasteiger partial charge in [0.1, 0.15) is 12.1 Å². The standard InChI is InChI=1S/C20H29N5O3/c1-3-7-20(8-4-2)18(27)25(19(28)22-20)15-17(26)24-13-11-23(12-14-24)16-5-9-21-10-6-16/h5-6,9-10H,3-4,7-8,11-15H2,1-2H3,(H,22,28)/p+1. The van der Waals surface area contributed by atoms with Crippen LogP contribution in [0.15, 0.2) is 24.5 Å². The number of hydrogen-bond acceptors (Lipinski definition) is 4. The quantitative estimate of drug-likeness (QED) is 0.707. The van der Waals surface area contributed by atoms with Gasteiger partial charge in [0.15, 0.2) is 12.4 Å². The molecule has 8 heteroatoms. The Hall–Kier alpha value is -2.64. The smallest absolute Gasteiger partial charge is 0.325 e. The van der Waals surface area contributed by atoms with E-state index in [9.17, 15) is 14.4 Å². The maximum Gasteiger partial charge on any atom is 0.325 e. The van der Waals surface area contributed by atoms with Gasteiger partial charge < -0.3 is 15.1 Å². The molecular weight excluding hydrogens is 358 g/mol. The summed E-state index contributed by atoms with van der Waals surface area (Å²) in [6.45, 7) is 6.42. The molecule has 3 heterocycles. The Labute approximate surface area is 165 Å². The third-order valence-electron chi connectivity index (χ3n) is 5.59. The molecule has 0 atom stereocenters. The molecule has 4 amide bonds. The highest BCUT2D eigenvalue weighted by Crippen LogP contribution is 2.28. The van der Waals surface area contributed by atoms with Crippen molar-refractivity contribution in [2.75, 3.05) is 37.6 Å². The number of carbonyl (C=O) groups excluding carboxylic acids is 3. The fourth-order valence-corrected chi connectivity index (χ4v) is 4.18. The lowest BCUT2D eigenvalue weighted by atomic mass is 9.88. The summed E-state index contributed by atoms with van der Waals surface area (Å²) in [5.41, 5.74) is 0.271. The first-order chi connectivity index (χ1) is 13.5. The minimum atomic E-state index is -0.843. The van der Waals surface area contributed by atoms with Gasteiger partial charge in [0.2, 0.25) is 5.91 Å². The number of pyridine rings is 1. The summed E-state index contributed by atoms with van der Waals surface area (Å²) in [7, 11) is 0. The Morgan fingerprint density at radius 2 is 1.68 bits per heavy atom. The van der Waals surface area contributed by atoms with Crippen LogP contribution in [0.4, 0.5) is 10.5 Å². The number of rotatable bonds is 7. The lowest BCUT2D eigenvalue weighted by molar-refractivity contribution is -0.377. The fourth-order valence-electron chi connectivity index (χ4n) is 4.18. The molecule has 3 rings (SSSR count). The predicted molar refractivity (Wildman–Crippen MR) is 105 cm³/mol. The second-order valence-electron chi connectivity index (χ2n) is 7.53. The van der Waals surface area contributed by atoms with Crippen LogP contribution in [-0.4, -0.2) is 65.9 Å². The van der Waals surface area contributed by atoms with Crippen molar-refractivity contribution in [2.45, 2.75) is 45.1 Å². The van der Waals surface area contributed by atoms with Crippen molar-refractivity contribution in [3.05, 3.63) is 24.5 Å². The largest absolute Gasteiger partial charge is 0.368 e. The van der Waals surface area contributed by atoms with Gasteiger partial charge in [-0.2, -0.15) is 0 Å². The summed E-state index contributed by atoms with van der Waals surface area (Å²) >= 11 is 0. The maximum absolute atomic E-state index is 12.9. The molecule has 152 valence electrons. The summed E-state index contributed by atoms with van der Waals surface area (Å²) in [5, 5.41) is 2.86. The number of carbonyl (C=O) groups is 3. The van der Waals surface area contributed by atoms with Crippen LogP contribution < -0.4 is 15.2 Å². The van der Waals surface area contributed by atoms with E-state index in [1.165, 1.54) is 0 Å². The average molecular weight is 388 g/mol. The van der Waals surface area contributed by atoms with Gasteiger partial charge in [0, 0.05) is 44.0 Å². The molecular formula is C20H30N5O3+. The van der Waals surface area contributed by atoms with Crippen molar-refractivity contribution in [2.24, 2.45) is 0 Å². The van der Waals surface area contributed by atoms with E-state index >= 15 is 0 Å². The van der Waals surface area contributed by atoms with E-state index in [0.717, 1.165) is 36.5 Å². The van der Waals surface area contributed by atoms with Crippen molar-refractivity contribution in [3.63, 3.8) is 0 Å². The SMILES string of the molecule is CCCC1(CCC)NC(=O)N(CC(=O)N2CCN(c3cc[nH+]cc3)CC2)C1=O. The zero-order valence-corrected chi connectivity index (χ0v) is 16.7. The zero-order chi connectivity index (χ0) is 20.1. The number of urea groups is 1. The van der Waals surface area contributed by atoms with Crippen LogP contribution in [0, 0.1) is 0 Å². The minimum Gasteiger partial charge on any atom is -0.368 e. The van der Waals surface area contributed by atoms with Gasteiger partial charge in [-0.1, -0.05) is 26.7 Å². The van der Waals surface area contributed by atoms with E-state index in [1.54, 1.807) is 4.90 Å². The first-order valence-electron chi connectivity index (χ1n) is 10.1. The van der Waals surface area contributed by atoms with E-state index < -0.39 is 11.6 Å². The van der Waals surface area contributed by atoms with Crippen LogP contribution in [0.5, 0.6) is 0 Å². The molecule has 2 saturated heterocycles. The highest BCUT2D eigenvalue weighted by molar-refractivity contribution is 6.09. The van der Waals surface area contributed by atoms with Crippen molar-refractivity contribution in [3.8, 4) is 0 Å². The van der Waals surface area contributed by atoms with Gasteiger partial charge >= 0.3 is 6.03 Å². The second-order valence-corrected chi connectivity index (χ2v) is 7.53. The number of amides is 4. The van der Waals surface area contributed by atoms with Crippen LogP contribution in [0.2, 0.25) is 0 Å². The Morgan fingerprint density at radius 1 is 1.07 bits per heavy atom. The molecule has 1 aromatic rings. The molecule has 0 aromatic carbocycles. The molecule has 28 heavy (non-hydrogen) atoms. The molecule has 2 aliphatic heterocycles. The second kappa shape index (κ2) is 8.58. The van der Waals surface area contributed by atoms with Gasteiger partial charge in [0.25, 0.3) is 5.91 Å². The summed E-state index contributed by atoms with van der Waals surface area (Å²) in [6, 6.07) is 3.57. The number of nitrogens with zero attached hydrogens (tertiary/aromatic N) is 3. The van der Waals surface area contributed by atoms with E-state index in [4.69, 9.17) is 0 Å². The molecule has 0 saturated carbocycles. The maximum atomic E-state index is 12.9. The molecule has 0 aliphatic carbocycles. The van der Waals surface area contributed by atoms with Gasteiger partial charge in [0.05, 0.1) is 0 Å². The minimum absolute atomic E-state index is 0.173. The molecule has 2 N–H and O–H groups in total. The number of H-pyrrole nitrogens is 1. The molecule has 8 nitrogen and oxygen atoms in total. The van der Waals surface area contributed by atoms with Gasteiger partial charge in [-0.05, 0) is 12.8 Å². The first kappa shape index (κ1) is 20.1. The van der Waals surface area contributed by atoms with Crippen molar-refractivity contribution < 1.29 is 19.4 Å². The Bertz CT molecular complexity index is 710. The van der Waals surface area contributed by atoms with Crippen LogP contribution in [-0.2, 0) is 9.59 Å². The van der Waals surface area contributed by atoms with Gasteiger partial charge in [-0.15, -0.1) is 0 Å². The van der Waals surface area contributed by atoms with E-state index in [-0.39, 0.29) is 18.4 Å². The van der Waals surface area contributed by atoms with E-state index in [0.29, 0.717) is 25.9 Å². The number of piperazine rings is 1. The molecule has 0 unspecified atom stereocenters. The molecule has 2 aliphatic rings. The van der Waals surface area contributed by atoms with E-state index in [2.05, 4.69) is 15.2 Å². The number of anilines is 1. The number of nitrogens with one attached hydrogen (secondary N) is 2. The molecule has 0 bridgehead atoms. The average Bonchev–Trinajstić information content (AvgIpc) is 2.93.